The highest BCUT2D eigenvalue weighted by Crippen LogP contribution is 2.20. The predicted octanol–water partition coefficient (Wildman–Crippen LogP) is 6.16. The molecule has 0 bridgehead atoms. The van der Waals surface area contributed by atoms with Crippen molar-refractivity contribution in [1.29, 1.82) is 0 Å². The Hall–Kier alpha value is -2.74. The molecule has 0 saturated heterocycles. The molecule has 0 saturated carbocycles. The van der Waals surface area contributed by atoms with Crippen LogP contribution >= 0.6 is 11.3 Å². The van der Waals surface area contributed by atoms with Crippen LogP contribution < -0.4 is 0 Å². The van der Waals surface area contributed by atoms with Gasteiger partial charge in [-0.05, 0) is 46.3 Å². The van der Waals surface area contributed by atoms with Crippen molar-refractivity contribution in [3.63, 3.8) is 0 Å². The topological polar surface area (TPSA) is 24.7 Å². The van der Waals surface area contributed by atoms with E-state index in [2.05, 4.69) is 57.8 Å². The molecular weight excluding hydrogens is 324 g/mol. The lowest BCUT2D eigenvalue weighted by molar-refractivity contribution is 1.07. The molecule has 0 fully saturated rings. The molecule has 0 atom stereocenters. The van der Waals surface area contributed by atoms with Crippen LogP contribution in [0, 0.1) is 0 Å². The Morgan fingerprint density at radius 2 is 1.84 bits per heavy atom. The summed E-state index contributed by atoms with van der Waals surface area (Å²) in [6.07, 6.45) is 2.81. The van der Waals surface area contributed by atoms with Gasteiger partial charge in [-0.1, -0.05) is 55.5 Å². The first-order valence-corrected chi connectivity index (χ1v) is 9.29. The van der Waals surface area contributed by atoms with E-state index in [-0.39, 0.29) is 0 Å². The fourth-order valence-electron chi connectivity index (χ4n) is 2.47. The second-order valence-corrected chi connectivity index (χ2v) is 6.36. The van der Waals surface area contributed by atoms with Crippen LogP contribution in [0.2, 0.25) is 0 Å². The Kier molecular flexibility index (Phi) is 6.11. The van der Waals surface area contributed by atoms with Crippen LogP contribution in [-0.2, 0) is 6.54 Å². The molecular formula is C22H20N2S. The number of aliphatic imine (C=N–C) groups is 2. The number of hydrogen-bond donors (Lipinski definition) is 0. The summed E-state index contributed by atoms with van der Waals surface area (Å²) in [7, 11) is 0. The molecule has 0 unspecified atom stereocenters. The number of allylic oxidation sites excluding steroid dienone is 1. The van der Waals surface area contributed by atoms with Crippen LogP contribution in [0.3, 0.4) is 0 Å². The standard InChI is InChI=1S/C22H20N2S/c1-2-19(20-8-4-3-5-9-20)16-24-22-11-7-6-10-21(22)15-23-14-18-12-13-25-17-18/h3-14,17H,2,15H2,1H3. The lowest BCUT2D eigenvalue weighted by atomic mass is 10.1. The van der Waals surface area contributed by atoms with Gasteiger partial charge in [-0.2, -0.15) is 11.3 Å². The van der Waals surface area contributed by atoms with Gasteiger partial charge in [0.2, 0.25) is 0 Å². The highest BCUT2D eigenvalue weighted by Gasteiger charge is 2.00. The molecule has 25 heavy (non-hydrogen) atoms. The molecule has 3 rings (SSSR count). The first kappa shape index (κ1) is 17.1. The van der Waals surface area contributed by atoms with Gasteiger partial charge in [-0.3, -0.25) is 4.99 Å². The Morgan fingerprint density at radius 3 is 2.60 bits per heavy atom. The van der Waals surface area contributed by atoms with Crippen molar-refractivity contribution in [2.75, 3.05) is 0 Å². The van der Waals surface area contributed by atoms with Crippen molar-refractivity contribution in [2.24, 2.45) is 9.98 Å². The fourth-order valence-corrected chi connectivity index (χ4v) is 3.08. The molecule has 0 amide bonds. The third-order valence-electron chi connectivity index (χ3n) is 3.82. The highest BCUT2D eigenvalue weighted by molar-refractivity contribution is 7.08. The van der Waals surface area contributed by atoms with Crippen LogP contribution in [0.1, 0.15) is 30.0 Å². The van der Waals surface area contributed by atoms with E-state index in [9.17, 15) is 0 Å². The zero-order valence-electron chi connectivity index (χ0n) is 14.2. The van der Waals surface area contributed by atoms with Crippen LogP contribution in [-0.4, -0.2) is 12.1 Å². The minimum Gasteiger partial charge on any atom is -0.288 e. The summed E-state index contributed by atoms with van der Waals surface area (Å²) in [6.45, 7) is 2.74. The van der Waals surface area contributed by atoms with E-state index in [0.29, 0.717) is 6.54 Å². The average Bonchev–Trinajstić information content (AvgIpc) is 3.18. The van der Waals surface area contributed by atoms with Crippen molar-refractivity contribution in [3.05, 3.63) is 88.1 Å². The average molecular weight is 344 g/mol. The number of nitrogens with zero attached hydrogens (tertiary/aromatic N) is 2. The zero-order chi connectivity index (χ0) is 17.3. The summed E-state index contributed by atoms with van der Waals surface area (Å²) < 4.78 is 0. The molecule has 2 aromatic carbocycles. The molecule has 1 heterocycles. The van der Waals surface area contributed by atoms with Gasteiger partial charge in [-0.15, -0.1) is 0 Å². The monoisotopic (exact) mass is 344 g/mol. The molecule has 2 nitrogen and oxygen atoms in total. The van der Waals surface area contributed by atoms with Crippen LogP contribution in [0.5, 0.6) is 0 Å². The highest BCUT2D eigenvalue weighted by atomic mass is 32.1. The summed E-state index contributed by atoms with van der Waals surface area (Å²) >= 11 is 1.68. The molecule has 3 heteroatoms. The maximum absolute atomic E-state index is 4.61. The predicted molar refractivity (Wildman–Crippen MR) is 109 cm³/mol. The van der Waals surface area contributed by atoms with Crippen molar-refractivity contribution in [2.45, 2.75) is 19.9 Å². The minimum atomic E-state index is 0.615. The molecule has 0 spiro atoms. The van der Waals surface area contributed by atoms with Crippen molar-refractivity contribution in [3.8, 4) is 0 Å². The molecule has 124 valence electrons. The van der Waals surface area contributed by atoms with Gasteiger partial charge in [0.05, 0.1) is 12.2 Å². The van der Waals surface area contributed by atoms with E-state index in [0.717, 1.165) is 28.8 Å². The summed E-state index contributed by atoms with van der Waals surface area (Å²) in [5, 5.41) is 4.14. The molecule has 3 aromatic rings. The summed E-state index contributed by atoms with van der Waals surface area (Å²) in [5.41, 5.74) is 5.44. The van der Waals surface area contributed by atoms with E-state index in [4.69, 9.17) is 0 Å². The van der Waals surface area contributed by atoms with Gasteiger partial charge < -0.3 is 0 Å². The summed E-state index contributed by atoms with van der Waals surface area (Å²) in [6, 6.07) is 20.5. The lowest BCUT2D eigenvalue weighted by Crippen LogP contribution is -1.85. The Balaban J connectivity index is 1.83. The summed E-state index contributed by atoms with van der Waals surface area (Å²) in [4.78, 5) is 9.15. The number of thiophene rings is 1. The molecule has 0 aliphatic heterocycles. The van der Waals surface area contributed by atoms with Crippen LogP contribution in [0.15, 0.2) is 81.4 Å². The largest absolute Gasteiger partial charge is 0.288 e. The Morgan fingerprint density at radius 1 is 1.04 bits per heavy atom. The maximum atomic E-state index is 4.61. The van der Waals surface area contributed by atoms with Crippen molar-refractivity contribution in [1.82, 2.24) is 0 Å². The third-order valence-corrected chi connectivity index (χ3v) is 4.53. The van der Waals surface area contributed by atoms with Crippen molar-refractivity contribution < 1.29 is 0 Å². The normalized spacial score (nSPS) is 10.6. The molecule has 1 aromatic heterocycles. The number of hydrogen-bond acceptors (Lipinski definition) is 3. The van der Waals surface area contributed by atoms with E-state index in [1.54, 1.807) is 11.3 Å². The second-order valence-electron chi connectivity index (χ2n) is 5.58. The van der Waals surface area contributed by atoms with E-state index >= 15 is 0 Å². The van der Waals surface area contributed by atoms with Crippen LogP contribution in [0.4, 0.5) is 5.69 Å². The fraction of sp³-hybridized carbons (Fsp3) is 0.136. The molecule has 0 aliphatic rings. The van der Waals surface area contributed by atoms with Gasteiger partial charge in [0.15, 0.2) is 0 Å². The first-order valence-electron chi connectivity index (χ1n) is 8.34. The van der Waals surface area contributed by atoms with Gasteiger partial charge >= 0.3 is 0 Å². The van der Waals surface area contributed by atoms with E-state index in [1.807, 2.05) is 42.6 Å². The zero-order valence-corrected chi connectivity index (χ0v) is 15.0. The molecule has 0 N–H and O–H groups in total. The smallest absolute Gasteiger partial charge is 0.0780 e. The molecule has 0 aliphatic carbocycles. The van der Waals surface area contributed by atoms with Gasteiger partial charge in [0.25, 0.3) is 0 Å². The van der Waals surface area contributed by atoms with E-state index < -0.39 is 0 Å². The second kappa shape index (κ2) is 8.93. The Labute approximate surface area is 152 Å². The SMILES string of the molecule is CCC(=C=Nc1ccccc1CN=Cc1ccsc1)c1ccccc1. The number of para-hydroxylation sites is 1. The van der Waals surface area contributed by atoms with Gasteiger partial charge in [0.1, 0.15) is 0 Å². The summed E-state index contributed by atoms with van der Waals surface area (Å²) in [5.74, 6) is 3.24. The Bertz CT molecular complexity index is 887. The lowest BCUT2D eigenvalue weighted by Gasteiger charge is -2.02. The minimum absolute atomic E-state index is 0.615. The van der Waals surface area contributed by atoms with E-state index in [1.165, 1.54) is 5.56 Å². The number of benzene rings is 2. The first-order chi connectivity index (χ1) is 12.4. The molecule has 0 radical (unpaired) electrons. The third kappa shape index (κ3) is 4.87. The number of rotatable bonds is 6. The quantitative estimate of drug-likeness (QED) is 0.478. The van der Waals surface area contributed by atoms with Crippen molar-refractivity contribution >= 4 is 34.7 Å². The van der Waals surface area contributed by atoms with Crippen LogP contribution in [0.25, 0.3) is 5.57 Å². The van der Waals surface area contributed by atoms with Gasteiger partial charge in [0, 0.05) is 17.4 Å². The maximum Gasteiger partial charge on any atom is 0.0780 e. The van der Waals surface area contributed by atoms with Gasteiger partial charge in [-0.25, -0.2) is 4.99 Å².